The predicted octanol–water partition coefficient (Wildman–Crippen LogP) is 4.75. The number of carbonyl (C=O) groups is 1. The van der Waals surface area contributed by atoms with Crippen LogP contribution >= 0.6 is 0 Å². The van der Waals surface area contributed by atoms with Crippen LogP contribution in [0.4, 0.5) is 5.69 Å². The Labute approximate surface area is 212 Å². The van der Waals surface area contributed by atoms with E-state index in [1.807, 2.05) is 37.4 Å². The summed E-state index contributed by atoms with van der Waals surface area (Å²) in [5, 5.41) is 17.7. The number of anilines is 1. The Hall–Kier alpha value is -3.00. The van der Waals surface area contributed by atoms with Crippen molar-refractivity contribution in [1.29, 1.82) is 0 Å². The van der Waals surface area contributed by atoms with Gasteiger partial charge in [-0.15, -0.1) is 0 Å². The molecule has 36 heavy (non-hydrogen) atoms. The Balaban J connectivity index is 1.20. The maximum absolute atomic E-state index is 12.9. The summed E-state index contributed by atoms with van der Waals surface area (Å²) in [7, 11) is 0. The van der Waals surface area contributed by atoms with E-state index in [1.54, 1.807) is 12.1 Å². The summed E-state index contributed by atoms with van der Waals surface area (Å²) in [4.78, 5) is 17.6. The van der Waals surface area contributed by atoms with Crippen LogP contribution in [-0.2, 0) is 11.3 Å². The van der Waals surface area contributed by atoms with Gasteiger partial charge in [-0.2, -0.15) is 0 Å². The molecule has 1 amide bonds. The molecule has 1 aromatic heterocycles. The van der Waals surface area contributed by atoms with Crippen molar-refractivity contribution in [1.82, 2.24) is 10.3 Å². The Morgan fingerprint density at radius 2 is 1.94 bits per heavy atom. The first-order valence-electron chi connectivity index (χ1n) is 13.0. The van der Waals surface area contributed by atoms with E-state index in [4.69, 9.17) is 9.47 Å². The number of benzene rings is 2. The lowest BCUT2D eigenvalue weighted by Crippen LogP contribution is -2.41. The van der Waals surface area contributed by atoms with Crippen LogP contribution in [0.1, 0.15) is 60.0 Å². The fraction of sp³-hybridized carbons (Fsp3) is 0.448. The Bertz CT molecular complexity index is 1190. The fourth-order valence-corrected chi connectivity index (χ4v) is 5.09. The molecule has 3 atom stereocenters. The summed E-state index contributed by atoms with van der Waals surface area (Å²) in [6.07, 6.45) is 8.02. The van der Waals surface area contributed by atoms with E-state index in [0.717, 1.165) is 78.6 Å². The van der Waals surface area contributed by atoms with Crippen LogP contribution in [0, 0.1) is 6.92 Å². The first-order valence-corrected chi connectivity index (χ1v) is 13.0. The predicted molar refractivity (Wildman–Crippen MR) is 140 cm³/mol. The molecule has 2 heterocycles. The smallest absolute Gasteiger partial charge is 0.255 e. The minimum Gasteiger partial charge on any atom is -0.491 e. The summed E-state index contributed by atoms with van der Waals surface area (Å²) in [5.74, 6) is 0.561. The molecular weight excluding hydrogens is 454 g/mol. The van der Waals surface area contributed by atoms with E-state index in [9.17, 15) is 9.90 Å². The molecule has 0 bridgehead atoms. The highest BCUT2D eigenvalue weighted by molar-refractivity contribution is 6.06. The molecule has 7 nitrogen and oxygen atoms in total. The van der Waals surface area contributed by atoms with Gasteiger partial charge in [-0.25, -0.2) is 0 Å². The van der Waals surface area contributed by atoms with Crippen LogP contribution in [0.2, 0.25) is 0 Å². The lowest BCUT2D eigenvalue weighted by Gasteiger charge is -2.28. The maximum atomic E-state index is 12.9. The number of aliphatic hydroxyl groups excluding tert-OH is 1. The van der Waals surface area contributed by atoms with Crippen LogP contribution in [0.25, 0.3) is 10.9 Å². The van der Waals surface area contributed by atoms with Gasteiger partial charge in [0.1, 0.15) is 12.4 Å². The monoisotopic (exact) mass is 489 g/mol. The lowest BCUT2D eigenvalue weighted by molar-refractivity contribution is 0.0679. The van der Waals surface area contributed by atoms with Gasteiger partial charge in [-0.3, -0.25) is 9.78 Å². The van der Waals surface area contributed by atoms with Crippen molar-refractivity contribution in [2.24, 2.45) is 0 Å². The van der Waals surface area contributed by atoms with Crippen molar-refractivity contribution < 1.29 is 19.4 Å². The molecule has 1 aliphatic carbocycles. The zero-order valence-corrected chi connectivity index (χ0v) is 20.8. The van der Waals surface area contributed by atoms with Crippen LogP contribution in [0.15, 0.2) is 48.7 Å². The van der Waals surface area contributed by atoms with E-state index in [2.05, 4.69) is 21.7 Å². The van der Waals surface area contributed by atoms with Crippen molar-refractivity contribution in [3.05, 3.63) is 65.4 Å². The average molecular weight is 490 g/mol. The number of carbonyl (C=O) groups excluding carboxylic acids is 1. The SMILES string of the molecule is Cc1c(NC(=O)c2ccc(OCC3CCCO3)cc2)ccc2cc(CN[C@H]3CCCCC3O)cnc12. The summed E-state index contributed by atoms with van der Waals surface area (Å²) < 4.78 is 11.4. The molecule has 3 N–H and O–H groups in total. The number of pyridine rings is 1. The molecule has 5 rings (SSSR count). The number of amides is 1. The van der Waals surface area contributed by atoms with E-state index < -0.39 is 0 Å². The second-order valence-corrected chi connectivity index (χ2v) is 9.92. The highest BCUT2D eigenvalue weighted by Gasteiger charge is 2.22. The van der Waals surface area contributed by atoms with E-state index in [0.29, 0.717) is 18.7 Å². The number of nitrogens with zero attached hydrogens (tertiary/aromatic N) is 1. The minimum atomic E-state index is -0.268. The number of fused-ring (bicyclic) bond motifs is 1. The van der Waals surface area contributed by atoms with Gasteiger partial charge in [0.2, 0.25) is 0 Å². The third-order valence-corrected chi connectivity index (χ3v) is 7.29. The number of aryl methyl sites for hydroxylation is 1. The van der Waals surface area contributed by atoms with Gasteiger partial charge < -0.3 is 25.2 Å². The molecule has 2 unspecified atom stereocenters. The van der Waals surface area contributed by atoms with Crippen molar-refractivity contribution in [2.45, 2.75) is 70.2 Å². The second kappa shape index (κ2) is 11.4. The number of aromatic nitrogens is 1. The van der Waals surface area contributed by atoms with Gasteiger partial charge in [-0.1, -0.05) is 18.9 Å². The number of hydrogen-bond acceptors (Lipinski definition) is 6. The summed E-state index contributed by atoms with van der Waals surface area (Å²) in [5.41, 5.74) is 4.19. The molecule has 2 fully saturated rings. The second-order valence-electron chi connectivity index (χ2n) is 9.92. The summed E-state index contributed by atoms with van der Waals surface area (Å²) in [6.45, 7) is 3.99. The molecule has 2 aliphatic rings. The largest absolute Gasteiger partial charge is 0.491 e. The third-order valence-electron chi connectivity index (χ3n) is 7.29. The highest BCUT2D eigenvalue weighted by atomic mass is 16.5. The molecular formula is C29H35N3O4. The maximum Gasteiger partial charge on any atom is 0.255 e. The molecule has 0 radical (unpaired) electrons. The normalized spacial score (nSPS) is 22.0. The molecule has 1 saturated heterocycles. The summed E-state index contributed by atoms with van der Waals surface area (Å²) in [6, 6.07) is 13.4. The first kappa shape index (κ1) is 24.7. The van der Waals surface area contributed by atoms with Crippen molar-refractivity contribution in [3.63, 3.8) is 0 Å². The van der Waals surface area contributed by atoms with Gasteiger partial charge in [-0.05, 0) is 80.1 Å². The molecule has 1 saturated carbocycles. The van der Waals surface area contributed by atoms with Gasteiger partial charge in [0.15, 0.2) is 0 Å². The van der Waals surface area contributed by atoms with Gasteiger partial charge in [0, 0.05) is 42.0 Å². The highest BCUT2D eigenvalue weighted by Crippen LogP contribution is 2.26. The van der Waals surface area contributed by atoms with Crippen LogP contribution in [-0.4, -0.2) is 47.5 Å². The molecule has 7 heteroatoms. The van der Waals surface area contributed by atoms with Gasteiger partial charge in [0.05, 0.1) is 17.7 Å². The Kier molecular flexibility index (Phi) is 7.80. The molecule has 2 aromatic carbocycles. The quantitative estimate of drug-likeness (QED) is 0.423. The lowest BCUT2D eigenvalue weighted by atomic mass is 9.92. The Morgan fingerprint density at radius 1 is 1.11 bits per heavy atom. The average Bonchev–Trinajstić information content (AvgIpc) is 3.43. The molecule has 3 aromatic rings. The number of rotatable bonds is 8. The van der Waals surface area contributed by atoms with Crippen LogP contribution < -0.4 is 15.4 Å². The van der Waals surface area contributed by atoms with Gasteiger partial charge >= 0.3 is 0 Å². The van der Waals surface area contributed by atoms with Crippen LogP contribution in [0.3, 0.4) is 0 Å². The van der Waals surface area contributed by atoms with Gasteiger partial charge in [0.25, 0.3) is 5.91 Å². The molecule has 1 aliphatic heterocycles. The molecule has 190 valence electrons. The van der Waals surface area contributed by atoms with E-state index >= 15 is 0 Å². The molecule has 0 spiro atoms. The third kappa shape index (κ3) is 5.86. The van der Waals surface area contributed by atoms with Crippen molar-refractivity contribution in [3.8, 4) is 5.75 Å². The Morgan fingerprint density at radius 3 is 2.72 bits per heavy atom. The van der Waals surface area contributed by atoms with E-state index in [-0.39, 0.29) is 24.2 Å². The first-order chi connectivity index (χ1) is 17.6. The van der Waals surface area contributed by atoms with Crippen molar-refractivity contribution >= 4 is 22.5 Å². The number of ether oxygens (including phenoxy) is 2. The zero-order chi connectivity index (χ0) is 24.9. The number of hydrogen-bond donors (Lipinski definition) is 3. The minimum absolute atomic E-state index is 0.149. The summed E-state index contributed by atoms with van der Waals surface area (Å²) >= 11 is 0. The number of nitrogens with one attached hydrogen (secondary N) is 2. The topological polar surface area (TPSA) is 92.7 Å². The van der Waals surface area contributed by atoms with E-state index in [1.165, 1.54) is 0 Å². The van der Waals surface area contributed by atoms with Crippen LogP contribution in [0.5, 0.6) is 5.75 Å². The number of aliphatic hydroxyl groups is 1. The standard InChI is InChI=1S/C29H35N3O4/c1-19-25(32-29(34)21-8-11-23(12-9-21)36-18-24-5-4-14-35-24)13-10-22-15-20(17-31-28(19)22)16-30-26-6-2-3-7-27(26)33/h8-13,15,17,24,26-27,30,33H,2-7,14,16,18H2,1H3,(H,32,34)/t24?,26-,27?/m0/s1. The zero-order valence-electron chi connectivity index (χ0n) is 20.8. The van der Waals surface area contributed by atoms with Crippen molar-refractivity contribution in [2.75, 3.05) is 18.5 Å². The fourth-order valence-electron chi connectivity index (χ4n) is 5.09.